The summed E-state index contributed by atoms with van der Waals surface area (Å²) in [5, 5.41) is 16.1. The fourth-order valence-corrected chi connectivity index (χ4v) is 5.14. The molecule has 0 fully saturated rings. The molecule has 0 saturated heterocycles. The van der Waals surface area contributed by atoms with E-state index >= 15 is 0 Å². The van der Waals surface area contributed by atoms with Gasteiger partial charge in [-0.05, 0) is 42.0 Å². The number of aliphatic hydroxyl groups excluding tert-OH is 1. The molecular weight excluding hydrogens is 562 g/mol. The summed E-state index contributed by atoms with van der Waals surface area (Å²) in [5.74, 6) is 0. The Kier molecular flexibility index (Phi) is 15.4. The summed E-state index contributed by atoms with van der Waals surface area (Å²) >= 11 is 0. The summed E-state index contributed by atoms with van der Waals surface area (Å²) in [5.41, 5.74) is 7.99. The average Bonchev–Trinajstić information content (AvgIpc) is 2.94. The summed E-state index contributed by atoms with van der Waals surface area (Å²) in [7, 11) is -1.48. The van der Waals surface area contributed by atoms with E-state index in [1.165, 1.54) is 0 Å². The van der Waals surface area contributed by atoms with Gasteiger partial charge in [0.2, 0.25) is 0 Å². The van der Waals surface area contributed by atoms with Crippen molar-refractivity contribution >= 4 is 20.6 Å². The van der Waals surface area contributed by atoms with Crippen LogP contribution in [0.2, 0.25) is 25.7 Å². The van der Waals surface area contributed by atoms with Gasteiger partial charge < -0.3 is 25.6 Å². The van der Waals surface area contributed by atoms with Gasteiger partial charge in [-0.1, -0.05) is 101 Å². The predicted molar refractivity (Wildman–Crippen MR) is 173 cm³/mol. The topological polar surface area (TPSA) is 123 Å². The zero-order valence-electron chi connectivity index (χ0n) is 26.8. The molecule has 0 radical (unpaired) electrons. The van der Waals surface area contributed by atoms with Crippen molar-refractivity contribution < 1.29 is 29.0 Å². The molecule has 2 aromatic carbocycles. The van der Waals surface area contributed by atoms with Crippen LogP contribution >= 0.6 is 0 Å². The largest absolute Gasteiger partial charge is 0.459 e. The monoisotopic (exact) mass is 615 g/mol. The van der Waals surface area contributed by atoms with Gasteiger partial charge in [-0.15, -0.1) is 0 Å². The summed E-state index contributed by atoms with van der Waals surface area (Å²) in [6.07, 6.45) is -1.64. The van der Waals surface area contributed by atoms with Gasteiger partial charge >= 0.3 is 6.09 Å². The molecule has 10 heteroatoms. The summed E-state index contributed by atoms with van der Waals surface area (Å²) in [4.78, 5) is 30.9. The number of ether oxygens (including phenoxy) is 2. The molecule has 2 aromatic rings. The van der Waals surface area contributed by atoms with Crippen molar-refractivity contribution in [2.45, 2.75) is 90.1 Å². The Labute approximate surface area is 259 Å². The molecule has 0 bridgehead atoms. The van der Waals surface area contributed by atoms with E-state index in [1.54, 1.807) is 0 Å². The molecule has 0 aliphatic heterocycles. The van der Waals surface area contributed by atoms with Crippen molar-refractivity contribution in [3.8, 4) is 0 Å². The molecule has 0 aromatic heterocycles. The lowest BCUT2D eigenvalue weighted by Crippen LogP contribution is -2.51. The third kappa shape index (κ3) is 15.0. The number of nitrogens with one attached hydrogen (secondary N) is 1. The number of carbonyl (C=O) groups excluding carboxylic acids is 2. The van der Waals surface area contributed by atoms with Crippen molar-refractivity contribution in [2.75, 3.05) is 26.2 Å². The van der Waals surface area contributed by atoms with Crippen LogP contribution in [0.3, 0.4) is 0 Å². The summed E-state index contributed by atoms with van der Waals surface area (Å²) < 4.78 is 11.1. The van der Waals surface area contributed by atoms with Gasteiger partial charge in [0, 0.05) is 27.1 Å². The highest BCUT2D eigenvalue weighted by Gasteiger charge is 2.32. The second-order valence-electron chi connectivity index (χ2n) is 13.5. The third-order valence-electron chi connectivity index (χ3n) is 7.11. The Morgan fingerprint density at radius 2 is 1.58 bits per heavy atom. The van der Waals surface area contributed by atoms with Crippen LogP contribution in [-0.2, 0) is 31.9 Å². The number of hydroxylamine groups is 2. The SMILES string of the molecule is CC(C)(C)CCNC(Cc1ccccc1)C(O)CN(OCC[Si](C)(C)C)C(=O)OC(Cc1ccccc1)C(CN)OC=O. The first-order valence-corrected chi connectivity index (χ1v) is 18.9. The first-order chi connectivity index (χ1) is 20.3. The Bertz CT molecular complexity index is 1060. The second-order valence-corrected chi connectivity index (χ2v) is 19.1. The van der Waals surface area contributed by atoms with Gasteiger partial charge in [-0.2, -0.15) is 5.06 Å². The lowest BCUT2D eigenvalue weighted by molar-refractivity contribution is -0.162. The molecule has 4 unspecified atom stereocenters. The molecular formula is C33H53N3O6Si. The van der Waals surface area contributed by atoms with E-state index in [0.717, 1.165) is 28.7 Å². The van der Waals surface area contributed by atoms with E-state index in [0.29, 0.717) is 32.5 Å². The second kappa shape index (κ2) is 18.1. The Morgan fingerprint density at radius 1 is 1.00 bits per heavy atom. The lowest BCUT2D eigenvalue weighted by atomic mass is 9.92. The maximum Gasteiger partial charge on any atom is 0.434 e. The van der Waals surface area contributed by atoms with Gasteiger partial charge in [0.25, 0.3) is 6.47 Å². The number of nitrogens with zero attached hydrogens (tertiary/aromatic N) is 1. The maximum absolute atomic E-state index is 13.7. The predicted octanol–water partition coefficient (Wildman–Crippen LogP) is 4.80. The van der Waals surface area contributed by atoms with Gasteiger partial charge in [-0.25, -0.2) is 4.79 Å². The van der Waals surface area contributed by atoms with Crippen LogP contribution in [0.25, 0.3) is 0 Å². The molecule has 0 spiro atoms. The molecule has 0 saturated carbocycles. The number of benzene rings is 2. The summed E-state index contributed by atoms with van der Waals surface area (Å²) in [6, 6.07) is 19.9. The standard InChI is InChI=1S/C33H53N3O6Si/c1-33(2,3)17-18-35-28(21-26-13-9-7-10-14-26)29(38)24-36(41-19-20-43(4,5)6)32(39)42-30(31(23-34)40-25-37)22-27-15-11-8-12-16-27/h7-16,25,28-31,35,38H,17-24,34H2,1-6H3. The molecule has 240 valence electrons. The minimum absolute atomic E-state index is 0.0283. The number of rotatable bonds is 19. The van der Waals surface area contributed by atoms with Crippen LogP contribution in [0.1, 0.15) is 38.3 Å². The molecule has 9 nitrogen and oxygen atoms in total. The Hall–Kier alpha value is -2.76. The van der Waals surface area contributed by atoms with E-state index in [1.807, 2.05) is 60.7 Å². The first kappa shape index (κ1) is 36.4. The van der Waals surface area contributed by atoms with Crippen LogP contribution in [0.5, 0.6) is 0 Å². The van der Waals surface area contributed by atoms with Crippen LogP contribution in [-0.4, -0.2) is 81.4 Å². The number of nitrogens with two attached hydrogens (primary N) is 1. The van der Waals surface area contributed by atoms with Crippen molar-refractivity contribution in [2.24, 2.45) is 11.1 Å². The highest BCUT2D eigenvalue weighted by molar-refractivity contribution is 6.76. The Morgan fingerprint density at radius 3 is 2.09 bits per heavy atom. The highest BCUT2D eigenvalue weighted by atomic mass is 28.3. The quantitative estimate of drug-likeness (QED) is 0.117. The van der Waals surface area contributed by atoms with Crippen molar-refractivity contribution in [3.63, 3.8) is 0 Å². The van der Waals surface area contributed by atoms with Crippen LogP contribution in [0, 0.1) is 5.41 Å². The van der Waals surface area contributed by atoms with E-state index in [2.05, 4.69) is 45.7 Å². The molecule has 4 N–H and O–H groups in total. The van der Waals surface area contributed by atoms with Crippen LogP contribution in [0.4, 0.5) is 4.79 Å². The number of amides is 1. The normalized spacial score (nSPS) is 14.8. The number of hydrogen-bond acceptors (Lipinski definition) is 8. The summed E-state index contributed by atoms with van der Waals surface area (Å²) in [6.45, 7) is 14.4. The molecule has 4 atom stereocenters. The molecule has 2 rings (SSSR count). The third-order valence-corrected chi connectivity index (χ3v) is 8.81. The minimum atomic E-state index is -1.48. The minimum Gasteiger partial charge on any atom is -0.459 e. The van der Waals surface area contributed by atoms with Gasteiger partial charge in [-0.3, -0.25) is 9.63 Å². The Balaban J connectivity index is 2.27. The zero-order chi connectivity index (χ0) is 31.9. The number of hydrogen-bond donors (Lipinski definition) is 3. The van der Waals surface area contributed by atoms with Gasteiger partial charge in [0.1, 0.15) is 6.10 Å². The van der Waals surface area contributed by atoms with Gasteiger partial charge in [0.05, 0.1) is 19.3 Å². The van der Waals surface area contributed by atoms with Crippen molar-refractivity contribution in [3.05, 3.63) is 71.8 Å². The van der Waals surface area contributed by atoms with Crippen LogP contribution in [0.15, 0.2) is 60.7 Å². The van der Waals surface area contributed by atoms with E-state index in [-0.39, 0.29) is 24.5 Å². The molecule has 0 heterocycles. The highest BCUT2D eigenvalue weighted by Crippen LogP contribution is 2.19. The molecule has 0 aliphatic rings. The fraction of sp³-hybridized carbons (Fsp3) is 0.576. The van der Waals surface area contributed by atoms with Crippen LogP contribution < -0.4 is 11.1 Å². The zero-order valence-corrected chi connectivity index (χ0v) is 27.8. The van der Waals surface area contributed by atoms with Crippen molar-refractivity contribution in [1.82, 2.24) is 10.4 Å². The van der Waals surface area contributed by atoms with E-state index in [9.17, 15) is 14.7 Å². The smallest absolute Gasteiger partial charge is 0.434 e. The fourth-order valence-electron chi connectivity index (χ4n) is 4.43. The molecule has 1 amide bonds. The number of aliphatic hydroxyl groups is 1. The van der Waals surface area contributed by atoms with E-state index in [4.69, 9.17) is 20.0 Å². The average molecular weight is 616 g/mol. The maximum atomic E-state index is 13.7. The molecule has 43 heavy (non-hydrogen) atoms. The number of carbonyl (C=O) groups is 2. The van der Waals surface area contributed by atoms with E-state index < -0.39 is 32.5 Å². The lowest BCUT2D eigenvalue weighted by Gasteiger charge is -2.32. The van der Waals surface area contributed by atoms with Gasteiger partial charge in [0.15, 0.2) is 6.10 Å². The van der Waals surface area contributed by atoms with Crippen molar-refractivity contribution in [1.29, 1.82) is 0 Å². The first-order valence-electron chi connectivity index (χ1n) is 15.2. The molecule has 0 aliphatic carbocycles.